The van der Waals surface area contributed by atoms with Gasteiger partial charge >= 0.3 is 0 Å². The number of carbonyl (C=O) groups is 1. The summed E-state index contributed by atoms with van der Waals surface area (Å²) < 4.78 is 12.1. The highest BCUT2D eigenvalue weighted by Gasteiger charge is 2.24. The van der Waals surface area contributed by atoms with Crippen molar-refractivity contribution in [3.05, 3.63) is 73.8 Å². The van der Waals surface area contributed by atoms with Gasteiger partial charge in [-0.3, -0.25) is 14.2 Å². The number of hydrogen-bond acceptors (Lipinski definition) is 8. The second-order valence-electron chi connectivity index (χ2n) is 8.24. The lowest BCUT2D eigenvalue weighted by atomic mass is 10.2. The van der Waals surface area contributed by atoms with Crippen LogP contribution in [0.5, 0.6) is 11.5 Å². The van der Waals surface area contributed by atoms with Crippen LogP contribution in [0.3, 0.4) is 0 Å². The number of rotatable bonds is 8. The fourth-order valence-corrected chi connectivity index (χ4v) is 6.45. The molecule has 11 heteroatoms. The summed E-state index contributed by atoms with van der Waals surface area (Å²) in [5, 5.41) is 5.74. The van der Waals surface area contributed by atoms with Gasteiger partial charge in [-0.05, 0) is 67.3 Å². The molecule has 5 rings (SSSR count). The van der Waals surface area contributed by atoms with Crippen LogP contribution in [0.25, 0.3) is 15.9 Å². The van der Waals surface area contributed by atoms with E-state index in [1.165, 1.54) is 22.9 Å². The van der Waals surface area contributed by atoms with Gasteiger partial charge in [0, 0.05) is 15.5 Å². The molecule has 0 atom stereocenters. The minimum Gasteiger partial charge on any atom is -0.497 e. The van der Waals surface area contributed by atoms with Gasteiger partial charge in [-0.1, -0.05) is 23.4 Å². The lowest BCUT2D eigenvalue weighted by molar-refractivity contribution is -0.118. The summed E-state index contributed by atoms with van der Waals surface area (Å²) in [5.41, 5.74) is 4.81. The number of carbonyl (C=O) groups excluding carboxylic acids is 1. The van der Waals surface area contributed by atoms with Gasteiger partial charge < -0.3 is 9.47 Å². The van der Waals surface area contributed by atoms with E-state index in [-0.39, 0.29) is 17.2 Å². The van der Waals surface area contributed by atoms with Crippen LogP contribution in [0.15, 0.2) is 57.5 Å². The van der Waals surface area contributed by atoms with Crippen molar-refractivity contribution in [2.75, 3.05) is 20.0 Å². The van der Waals surface area contributed by atoms with Crippen LogP contribution in [-0.4, -0.2) is 41.6 Å². The first-order chi connectivity index (χ1) is 18.0. The standard InChI is InChI=1S/C26H23ClN4O4S2/c1-34-18-10-11-20(35-2)15(12-18)13-28-30-22(32)14-36-26-29-24-23(19-4-3-5-21(19)37-24)25(33)31(26)17-8-6-16(27)7-9-17/h6-13H,3-5,14H2,1-2H3,(H,30,32). The number of fused-ring (bicyclic) bond motifs is 3. The van der Waals surface area contributed by atoms with Crippen LogP contribution < -0.4 is 20.5 Å². The lowest BCUT2D eigenvalue weighted by Crippen LogP contribution is -2.24. The van der Waals surface area contributed by atoms with Crippen molar-refractivity contribution in [3.8, 4) is 17.2 Å². The van der Waals surface area contributed by atoms with Crippen LogP contribution in [0, 0.1) is 0 Å². The van der Waals surface area contributed by atoms with E-state index < -0.39 is 0 Å². The van der Waals surface area contributed by atoms with Crippen LogP contribution in [0.2, 0.25) is 5.02 Å². The van der Waals surface area contributed by atoms with Crippen LogP contribution in [-0.2, 0) is 17.6 Å². The van der Waals surface area contributed by atoms with Crippen molar-refractivity contribution in [2.45, 2.75) is 24.4 Å². The third-order valence-corrected chi connectivity index (χ3v) is 8.33. The predicted octanol–water partition coefficient (Wildman–Crippen LogP) is 4.85. The molecular weight excluding hydrogens is 532 g/mol. The number of aromatic nitrogens is 2. The van der Waals surface area contributed by atoms with E-state index in [1.807, 2.05) is 0 Å². The molecule has 0 spiro atoms. The number of methoxy groups -OCH3 is 2. The summed E-state index contributed by atoms with van der Waals surface area (Å²) in [6, 6.07) is 12.3. The Kier molecular flexibility index (Phi) is 7.50. The molecule has 1 N–H and O–H groups in total. The zero-order valence-electron chi connectivity index (χ0n) is 20.1. The molecule has 2 aromatic carbocycles. The molecule has 8 nitrogen and oxygen atoms in total. The van der Waals surface area contributed by atoms with Crippen molar-refractivity contribution in [1.29, 1.82) is 0 Å². The maximum Gasteiger partial charge on any atom is 0.267 e. The first-order valence-electron chi connectivity index (χ1n) is 11.5. The van der Waals surface area contributed by atoms with E-state index in [1.54, 1.807) is 72.6 Å². The van der Waals surface area contributed by atoms with E-state index in [4.69, 9.17) is 26.1 Å². The van der Waals surface area contributed by atoms with Crippen molar-refractivity contribution in [1.82, 2.24) is 15.0 Å². The molecule has 37 heavy (non-hydrogen) atoms. The maximum absolute atomic E-state index is 13.7. The van der Waals surface area contributed by atoms with E-state index in [2.05, 4.69) is 10.5 Å². The van der Waals surface area contributed by atoms with Gasteiger partial charge in [-0.2, -0.15) is 5.10 Å². The molecule has 1 aliphatic rings. The number of hydrogen-bond donors (Lipinski definition) is 1. The van der Waals surface area contributed by atoms with Crippen molar-refractivity contribution < 1.29 is 14.3 Å². The molecule has 1 amide bonds. The van der Waals surface area contributed by atoms with E-state index >= 15 is 0 Å². The summed E-state index contributed by atoms with van der Waals surface area (Å²) in [5.74, 6) is 0.919. The smallest absolute Gasteiger partial charge is 0.267 e. The van der Waals surface area contributed by atoms with Gasteiger partial charge in [0.2, 0.25) is 0 Å². The Hall–Kier alpha value is -3.34. The Balaban J connectivity index is 1.39. The third kappa shape index (κ3) is 5.22. The zero-order chi connectivity index (χ0) is 25.9. The number of hydrazone groups is 1. The molecule has 0 bridgehead atoms. The molecule has 0 aliphatic heterocycles. The molecule has 2 heterocycles. The zero-order valence-corrected chi connectivity index (χ0v) is 22.5. The van der Waals surface area contributed by atoms with Crippen LogP contribution in [0.1, 0.15) is 22.4 Å². The van der Waals surface area contributed by atoms with Crippen molar-refractivity contribution in [2.24, 2.45) is 5.10 Å². The minimum atomic E-state index is -0.339. The Morgan fingerprint density at radius 2 is 2.03 bits per heavy atom. The molecule has 0 fully saturated rings. The highest BCUT2D eigenvalue weighted by atomic mass is 35.5. The molecule has 0 saturated heterocycles. The van der Waals surface area contributed by atoms with E-state index in [0.717, 1.165) is 24.8 Å². The number of benzene rings is 2. The molecule has 0 unspecified atom stereocenters. The molecule has 4 aromatic rings. The minimum absolute atomic E-state index is 0.0171. The van der Waals surface area contributed by atoms with Gasteiger partial charge in [-0.25, -0.2) is 10.4 Å². The summed E-state index contributed by atoms with van der Waals surface area (Å²) in [6.45, 7) is 0. The number of halogens is 1. The van der Waals surface area contributed by atoms with Gasteiger partial charge in [0.25, 0.3) is 11.5 Å². The van der Waals surface area contributed by atoms with Crippen LogP contribution >= 0.6 is 34.7 Å². The highest BCUT2D eigenvalue weighted by Crippen LogP contribution is 2.36. The fraction of sp³-hybridized carbons (Fsp3) is 0.231. The second kappa shape index (κ2) is 11.0. The first kappa shape index (κ1) is 25.3. The predicted molar refractivity (Wildman–Crippen MR) is 148 cm³/mol. The summed E-state index contributed by atoms with van der Waals surface area (Å²) in [4.78, 5) is 33.0. The van der Waals surface area contributed by atoms with Crippen LogP contribution in [0.4, 0.5) is 0 Å². The van der Waals surface area contributed by atoms with Crippen molar-refractivity contribution in [3.63, 3.8) is 0 Å². The van der Waals surface area contributed by atoms with E-state index in [0.29, 0.717) is 43.1 Å². The Bertz CT molecular complexity index is 1560. The third-order valence-electron chi connectivity index (χ3n) is 5.96. The second-order valence-corrected chi connectivity index (χ2v) is 10.7. The number of aryl methyl sites for hydroxylation is 2. The molecule has 0 saturated carbocycles. The van der Waals surface area contributed by atoms with Gasteiger partial charge in [0.15, 0.2) is 5.16 Å². The Labute approximate surface area is 226 Å². The van der Waals surface area contributed by atoms with Crippen molar-refractivity contribution >= 4 is 57.0 Å². The molecular formula is C26H23ClN4O4S2. The SMILES string of the molecule is COc1ccc(OC)c(C=NNC(=O)CSc2nc3sc4c(c3c(=O)n2-c2ccc(Cl)cc2)CCC4)c1. The first-order valence-corrected chi connectivity index (χ1v) is 13.7. The van der Waals surface area contributed by atoms with Gasteiger partial charge in [0.1, 0.15) is 16.3 Å². The average Bonchev–Trinajstić information content (AvgIpc) is 3.49. The lowest BCUT2D eigenvalue weighted by Gasteiger charge is -2.12. The van der Waals surface area contributed by atoms with Gasteiger partial charge in [-0.15, -0.1) is 11.3 Å². The monoisotopic (exact) mass is 554 g/mol. The molecule has 1 aliphatic carbocycles. The Morgan fingerprint density at radius 3 is 2.78 bits per heavy atom. The summed E-state index contributed by atoms with van der Waals surface area (Å²) in [7, 11) is 3.13. The highest BCUT2D eigenvalue weighted by molar-refractivity contribution is 7.99. The molecule has 0 radical (unpaired) electrons. The fourth-order valence-electron chi connectivity index (χ4n) is 4.22. The number of nitrogens with one attached hydrogen (secondary N) is 1. The number of ether oxygens (including phenoxy) is 2. The average molecular weight is 555 g/mol. The molecule has 190 valence electrons. The summed E-state index contributed by atoms with van der Waals surface area (Å²) >= 11 is 8.82. The largest absolute Gasteiger partial charge is 0.497 e. The maximum atomic E-state index is 13.7. The summed E-state index contributed by atoms with van der Waals surface area (Å²) in [6.07, 6.45) is 4.40. The number of thiophene rings is 1. The topological polar surface area (TPSA) is 94.8 Å². The van der Waals surface area contributed by atoms with Gasteiger partial charge in [0.05, 0.1) is 37.3 Å². The molecule has 2 aromatic heterocycles. The number of amides is 1. The van der Waals surface area contributed by atoms with E-state index in [9.17, 15) is 9.59 Å². The number of nitrogens with zero attached hydrogens (tertiary/aromatic N) is 3. The number of thioether (sulfide) groups is 1. The Morgan fingerprint density at radius 1 is 1.22 bits per heavy atom. The normalized spacial score (nSPS) is 12.7. The quantitative estimate of drug-likeness (QED) is 0.145.